The van der Waals surface area contributed by atoms with Crippen molar-refractivity contribution in [2.24, 2.45) is 23.7 Å². The third kappa shape index (κ3) is 4.67. The highest BCUT2D eigenvalue weighted by Gasteiger charge is 2.58. The van der Waals surface area contributed by atoms with Gasteiger partial charge in [-0.25, -0.2) is 4.79 Å². The SMILES string of the molecule is CC(C)[C@@H]1NC(=O)CCCCCCCC(=O)NC2[C@@H]3CC4C[C@H]2CC(C4)(C3)OC1=O. The molecule has 6 heteroatoms. The third-order valence-electron chi connectivity index (χ3n) is 7.91. The lowest BCUT2D eigenvalue weighted by Gasteiger charge is -2.59. The Bertz CT molecular complexity index is 660. The Kier molecular flexibility index (Phi) is 6.40. The van der Waals surface area contributed by atoms with Crippen LogP contribution in [0.5, 0.6) is 0 Å². The lowest BCUT2D eigenvalue weighted by Crippen LogP contribution is -2.63. The van der Waals surface area contributed by atoms with Gasteiger partial charge in [0.1, 0.15) is 11.6 Å². The monoisotopic (exact) mass is 418 g/mol. The van der Waals surface area contributed by atoms with Gasteiger partial charge in [0.25, 0.3) is 0 Å². The zero-order valence-electron chi connectivity index (χ0n) is 18.6. The van der Waals surface area contributed by atoms with Gasteiger partial charge in [0.2, 0.25) is 11.8 Å². The average Bonchev–Trinajstić information content (AvgIpc) is 2.66. The molecule has 168 valence electrons. The van der Waals surface area contributed by atoms with Gasteiger partial charge in [-0.3, -0.25) is 9.59 Å². The Balaban J connectivity index is 1.52. The van der Waals surface area contributed by atoms with Gasteiger partial charge in [0.05, 0.1) is 0 Å². The fourth-order valence-corrected chi connectivity index (χ4v) is 6.69. The fourth-order valence-electron chi connectivity index (χ4n) is 6.69. The number of hydrogen-bond acceptors (Lipinski definition) is 4. The Morgan fingerprint density at radius 3 is 2.00 bits per heavy atom. The molecule has 1 spiro atoms. The summed E-state index contributed by atoms with van der Waals surface area (Å²) in [5.74, 6) is 1.23. The van der Waals surface area contributed by atoms with Crippen LogP contribution in [0, 0.1) is 23.7 Å². The van der Waals surface area contributed by atoms with Crippen LogP contribution in [0.3, 0.4) is 0 Å². The van der Waals surface area contributed by atoms with Crippen molar-refractivity contribution in [1.29, 1.82) is 0 Å². The van der Waals surface area contributed by atoms with Crippen molar-refractivity contribution in [2.75, 3.05) is 0 Å². The Labute approximate surface area is 180 Å². The summed E-state index contributed by atoms with van der Waals surface area (Å²) in [7, 11) is 0. The number of ether oxygens (including phenoxy) is 1. The van der Waals surface area contributed by atoms with Crippen molar-refractivity contribution < 1.29 is 19.1 Å². The molecule has 3 unspecified atom stereocenters. The summed E-state index contributed by atoms with van der Waals surface area (Å²) in [6.45, 7) is 3.92. The van der Waals surface area contributed by atoms with E-state index in [0.29, 0.717) is 30.6 Å². The second-order valence-corrected chi connectivity index (χ2v) is 10.7. The van der Waals surface area contributed by atoms with E-state index in [0.717, 1.165) is 64.2 Å². The van der Waals surface area contributed by atoms with Crippen LogP contribution in [0.4, 0.5) is 0 Å². The summed E-state index contributed by atoms with van der Waals surface area (Å²) in [6, 6.07) is -0.347. The number of rotatable bonds is 1. The molecular formula is C24H38N2O4. The number of esters is 1. The molecule has 0 aromatic carbocycles. The van der Waals surface area contributed by atoms with Crippen LogP contribution >= 0.6 is 0 Å². The molecule has 0 aromatic heterocycles. The van der Waals surface area contributed by atoms with Crippen molar-refractivity contribution in [3.05, 3.63) is 0 Å². The van der Waals surface area contributed by atoms with Gasteiger partial charge in [0, 0.05) is 18.9 Å². The van der Waals surface area contributed by atoms with E-state index < -0.39 is 11.6 Å². The second kappa shape index (κ2) is 8.88. The first kappa shape index (κ1) is 21.6. The van der Waals surface area contributed by atoms with Crippen LogP contribution in [0.25, 0.3) is 0 Å². The Hall–Kier alpha value is -1.59. The number of amides is 2. The van der Waals surface area contributed by atoms with Crippen molar-refractivity contribution in [2.45, 2.75) is 109 Å². The molecule has 2 saturated heterocycles. The van der Waals surface area contributed by atoms with E-state index in [1.807, 2.05) is 13.8 Å². The van der Waals surface area contributed by atoms with E-state index in [1.165, 1.54) is 0 Å². The number of nitrogens with one attached hydrogen (secondary N) is 2. The van der Waals surface area contributed by atoms with Crippen LogP contribution in [0.2, 0.25) is 0 Å². The molecule has 6 atom stereocenters. The number of fused-ring (bicyclic) bond motifs is 13. The summed E-state index contributed by atoms with van der Waals surface area (Å²) in [5.41, 5.74) is -0.405. The van der Waals surface area contributed by atoms with E-state index in [1.54, 1.807) is 0 Å². The zero-order chi connectivity index (χ0) is 21.3. The predicted octanol–water partition coefficient (Wildman–Crippen LogP) is 3.48. The Morgan fingerprint density at radius 1 is 0.833 bits per heavy atom. The molecule has 4 aliphatic carbocycles. The molecule has 2 N–H and O–H groups in total. The molecule has 6 rings (SSSR count). The van der Waals surface area contributed by atoms with Crippen LogP contribution in [-0.2, 0) is 19.1 Å². The van der Waals surface area contributed by atoms with Crippen molar-refractivity contribution in [3.63, 3.8) is 0 Å². The van der Waals surface area contributed by atoms with Gasteiger partial charge in [-0.2, -0.15) is 0 Å². The van der Waals surface area contributed by atoms with Gasteiger partial charge in [-0.1, -0.05) is 33.1 Å². The normalized spacial score (nSPS) is 40.5. The molecule has 30 heavy (non-hydrogen) atoms. The zero-order valence-corrected chi connectivity index (χ0v) is 18.6. The third-order valence-corrected chi connectivity index (χ3v) is 7.91. The van der Waals surface area contributed by atoms with Crippen LogP contribution in [0.1, 0.15) is 90.9 Å². The number of hydrogen-bond donors (Lipinski definition) is 2. The molecule has 0 radical (unpaired) electrons. The Morgan fingerprint density at radius 2 is 1.40 bits per heavy atom. The first-order chi connectivity index (χ1) is 14.3. The predicted molar refractivity (Wildman–Crippen MR) is 113 cm³/mol. The largest absolute Gasteiger partial charge is 0.458 e. The minimum absolute atomic E-state index is 0.00649. The van der Waals surface area contributed by atoms with Crippen molar-refractivity contribution in [1.82, 2.24) is 10.6 Å². The molecule has 6 nitrogen and oxygen atoms in total. The summed E-state index contributed by atoms with van der Waals surface area (Å²) in [4.78, 5) is 38.1. The minimum Gasteiger partial charge on any atom is -0.458 e. The quantitative estimate of drug-likeness (QED) is 0.639. The smallest absolute Gasteiger partial charge is 0.329 e. The second-order valence-electron chi connectivity index (χ2n) is 10.7. The van der Waals surface area contributed by atoms with Gasteiger partial charge < -0.3 is 15.4 Å². The van der Waals surface area contributed by atoms with E-state index in [2.05, 4.69) is 10.6 Å². The molecular weight excluding hydrogens is 380 g/mol. The molecule has 6 fully saturated rings. The van der Waals surface area contributed by atoms with E-state index >= 15 is 0 Å². The van der Waals surface area contributed by atoms with Crippen LogP contribution in [0.15, 0.2) is 0 Å². The topological polar surface area (TPSA) is 84.5 Å². The molecule has 6 aliphatic rings. The summed E-state index contributed by atoms with van der Waals surface area (Å²) in [6.07, 6.45) is 10.7. The summed E-state index contributed by atoms with van der Waals surface area (Å²) in [5, 5.41) is 6.31. The highest BCUT2D eigenvalue weighted by atomic mass is 16.6. The van der Waals surface area contributed by atoms with E-state index in [-0.39, 0.29) is 29.7 Å². The summed E-state index contributed by atoms with van der Waals surface area (Å²) >= 11 is 0. The van der Waals surface area contributed by atoms with Gasteiger partial charge in [0.15, 0.2) is 0 Å². The van der Waals surface area contributed by atoms with Crippen molar-refractivity contribution in [3.8, 4) is 0 Å². The molecule has 2 amide bonds. The lowest BCUT2D eigenvalue weighted by molar-refractivity contribution is -0.195. The van der Waals surface area contributed by atoms with E-state index in [9.17, 15) is 14.4 Å². The highest BCUT2D eigenvalue weighted by molar-refractivity contribution is 5.85. The maximum absolute atomic E-state index is 13.1. The highest BCUT2D eigenvalue weighted by Crippen LogP contribution is 2.57. The molecule has 4 saturated carbocycles. The standard InChI is InChI=1S/C24H38N2O4/c1-15(2)21-23(29)30-24-12-16-10-17(13-24)22(18(11-16)14-24)26-20(28)9-7-5-3-4-6-8-19(27)25-21/h15-18,21-22H,3-14H2,1-2H3,(H,25,27)(H,26,28)/t16?,17-,18+,21-,22?,24?/m0/s1. The summed E-state index contributed by atoms with van der Waals surface area (Å²) < 4.78 is 6.23. The molecule has 5 bridgehead atoms. The van der Waals surface area contributed by atoms with Gasteiger partial charge >= 0.3 is 5.97 Å². The average molecular weight is 419 g/mol. The van der Waals surface area contributed by atoms with E-state index in [4.69, 9.17) is 4.74 Å². The first-order valence-corrected chi connectivity index (χ1v) is 12.2. The lowest BCUT2D eigenvalue weighted by atomic mass is 9.52. The molecule has 2 aliphatic heterocycles. The molecule has 2 heterocycles. The maximum Gasteiger partial charge on any atom is 0.329 e. The van der Waals surface area contributed by atoms with Crippen LogP contribution in [-0.4, -0.2) is 35.5 Å². The molecule has 0 aromatic rings. The number of carbonyl (C=O) groups is 3. The number of carbonyl (C=O) groups excluding carboxylic acids is 3. The maximum atomic E-state index is 13.1. The first-order valence-electron chi connectivity index (χ1n) is 12.2. The van der Waals surface area contributed by atoms with Crippen molar-refractivity contribution >= 4 is 17.8 Å². The fraction of sp³-hybridized carbons (Fsp3) is 0.875. The minimum atomic E-state index is -0.583. The van der Waals surface area contributed by atoms with Crippen LogP contribution < -0.4 is 10.6 Å². The van der Waals surface area contributed by atoms with Gasteiger partial charge in [-0.15, -0.1) is 0 Å². The van der Waals surface area contributed by atoms with Gasteiger partial charge in [-0.05, 0) is 68.6 Å².